The fourth-order valence-electron chi connectivity index (χ4n) is 4.98. The Kier molecular flexibility index (Phi) is 4.22. The van der Waals surface area contributed by atoms with E-state index in [0.717, 1.165) is 28.0 Å². The Morgan fingerprint density at radius 3 is 2.85 bits per heavy atom. The molecule has 0 saturated heterocycles. The van der Waals surface area contributed by atoms with Crippen LogP contribution >= 0.6 is 23.4 Å². The zero-order valence-corrected chi connectivity index (χ0v) is 15.8. The van der Waals surface area contributed by atoms with Gasteiger partial charge in [0.1, 0.15) is 5.75 Å². The van der Waals surface area contributed by atoms with Crippen molar-refractivity contribution in [2.45, 2.75) is 35.0 Å². The van der Waals surface area contributed by atoms with Gasteiger partial charge in [0.25, 0.3) is 0 Å². The third-order valence-electron chi connectivity index (χ3n) is 5.92. The van der Waals surface area contributed by atoms with E-state index in [9.17, 15) is 13.9 Å². The topological polar surface area (TPSA) is 29.5 Å². The van der Waals surface area contributed by atoms with E-state index in [1.165, 1.54) is 5.57 Å². The monoisotopic (exact) mass is 406 g/mol. The molecule has 1 unspecified atom stereocenters. The number of aliphatic hydroxyl groups is 1. The second-order valence-electron chi connectivity index (χ2n) is 7.23. The summed E-state index contributed by atoms with van der Waals surface area (Å²) in [6, 6.07) is 11.2. The Bertz CT molecular complexity index is 946. The smallest absolute Gasteiger partial charge is 0.387 e. The minimum atomic E-state index is -2.86. The van der Waals surface area contributed by atoms with Crippen LogP contribution in [0.4, 0.5) is 8.78 Å². The molecule has 1 aliphatic heterocycles. The average Bonchev–Trinajstić information content (AvgIpc) is 3.10. The van der Waals surface area contributed by atoms with Gasteiger partial charge in [-0.1, -0.05) is 35.4 Å². The molecule has 1 heterocycles. The van der Waals surface area contributed by atoms with Crippen molar-refractivity contribution in [3.63, 3.8) is 0 Å². The van der Waals surface area contributed by atoms with Crippen LogP contribution in [0.5, 0.6) is 5.75 Å². The molecule has 2 aromatic rings. The molecular formula is C21H17ClF2O2S. The molecule has 5 rings (SSSR count). The molecule has 1 saturated carbocycles. The van der Waals surface area contributed by atoms with Crippen molar-refractivity contribution in [3.8, 4) is 5.75 Å². The lowest BCUT2D eigenvalue weighted by Gasteiger charge is -2.27. The van der Waals surface area contributed by atoms with E-state index >= 15 is 0 Å². The number of ether oxygens (including phenoxy) is 1. The molecule has 2 aromatic carbocycles. The highest BCUT2D eigenvalue weighted by Gasteiger charge is 2.50. The van der Waals surface area contributed by atoms with Crippen molar-refractivity contribution in [2.75, 3.05) is 6.61 Å². The van der Waals surface area contributed by atoms with Crippen molar-refractivity contribution in [3.05, 3.63) is 63.7 Å². The Labute approximate surface area is 165 Å². The van der Waals surface area contributed by atoms with E-state index in [1.807, 2.05) is 24.3 Å². The van der Waals surface area contributed by atoms with Crippen LogP contribution in [-0.2, 0) is 0 Å². The number of rotatable bonds is 3. The molecule has 27 heavy (non-hydrogen) atoms. The summed E-state index contributed by atoms with van der Waals surface area (Å²) in [5.41, 5.74) is 4.39. The lowest BCUT2D eigenvalue weighted by Crippen LogP contribution is -2.20. The highest BCUT2D eigenvalue weighted by molar-refractivity contribution is 8.00. The number of halogens is 3. The fraction of sp³-hybridized carbons (Fsp3) is 0.333. The summed E-state index contributed by atoms with van der Waals surface area (Å²) in [4.78, 5) is 0.925. The predicted molar refractivity (Wildman–Crippen MR) is 103 cm³/mol. The third-order valence-corrected chi connectivity index (χ3v) is 7.55. The Hall–Kier alpha value is -1.56. The maximum Gasteiger partial charge on any atom is 0.387 e. The number of alkyl halides is 2. The maximum atomic E-state index is 13.0. The zero-order valence-electron chi connectivity index (χ0n) is 14.2. The summed E-state index contributed by atoms with van der Waals surface area (Å²) < 4.78 is 31.0. The van der Waals surface area contributed by atoms with Gasteiger partial charge in [0.15, 0.2) is 0 Å². The van der Waals surface area contributed by atoms with Gasteiger partial charge in [-0.2, -0.15) is 8.78 Å². The van der Waals surface area contributed by atoms with Crippen LogP contribution in [0, 0.1) is 5.92 Å². The molecule has 4 atom stereocenters. The Morgan fingerprint density at radius 1 is 1.22 bits per heavy atom. The van der Waals surface area contributed by atoms with Crippen LogP contribution in [0.2, 0.25) is 5.02 Å². The first-order valence-electron chi connectivity index (χ1n) is 8.93. The van der Waals surface area contributed by atoms with E-state index in [-0.39, 0.29) is 35.4 Å². The number of hydrogen-bond donors (Lipinski definition) is 1. The average molecular weight is 407 g/mol. The van der Waals surface area contributed by atoms with Gasteiger partial charge in [0.05, 0.1) is 6.61 Å². The first-order chi connectivity index (χ1) is 13.1. The van der Waals surface area contributed by atoms with E-state index in [1.54, 1.807) is 23.9 Å². The number of thioether (sulfide) groups is 1. The molecule has 0 radical (unpaired) electrons. The molecule has 2 aliphatic carbocycles. The largest absolute Gasteiger partial charge is 0.434 e. The summed E-state index contributed by atoms with van der Waals surface area (Å²) in [5.74, 6) is 0.580. The first-order valence-corrected chi connectivity index (χ1v) is 10.2. The molecule has 0 spiro atoms. The summed E-state index contributed by atoms with van der Waals surface area (Å²) in [5, 5.41) is 10.7. The van der Waals surface area contributed by atoms with E-state index in [0.29, 0.717) is 5.02 Å². The highest BCUT2D eigenvalue weighted by atomic mass is 35.5. The molecule has 1 N–H and O–H groups in total. The number of allylic oxidation sites excluding steroid dienone is 1. The molecular weight excluding hydrogens is 390 g/mol. The Morgan fingerprint density at radius 2 is 2.07 bits per heavy atom. The van der Waals surface area contributed by atoms with Crippen molar-refractivity contribution in [1.29, 1.82) is 0 Å². The summed E-state index contributed by atoms with van der Waals surface area (Å²) >= 11 is 7.83. The highest BCUT2D eigenvalue weighted by Crippen LogP contribution is 2.64. The van der Waals surface area contributed by atoms with Gasteiger partial charge in [-0.05, 0) is 53.6 Å². The lowest BCUT2D eigenvalue weighted by atomic mass is 9.83. The van der Waals surface area contributed by atoms with Gasteiger partial charge in [-0.25, -0.2) is 0 Å². The van der Waals surface area contributed by atoms with Gasteiger partial charge < -0.3 is 9.84 Å². The van der Waals surface area contributed by atoms with Crippen LogP contribution in [0.15, 0.2) is 46.9 Å². The molecule has 6 heteroatoms. The second-order valence-corrected chi connectivity index (χ2v) is 8.95. The van der Waals surface area contributed by atoms with E-state index in [4.69, 9.17) is 16.3 Å². The molecule has 0 aromatic heterocycles. The molecule has 2 nitrogen and oxygen atoms in total. The summed E-state index contributed by atoms with van der Waals surface area (Å²) in [6.45, 7) is -2.82. The van der Waals surface area contributed by atoms with Crippen molar-refractivity contribution in [2.24, 2.45) is 5.92 Å². The second kappa shape index (κ2) is 6.50. The lowest BCUT2D eigenvalue weighted by molar-refractivity contribution is -0.0508. The van der Waals surface area contributed by atoms with Crippen LogP contribution in [0.25, 0.3) is 6.08 Å². The van der Waals surface area contributed by atoms with Crippen molar-refractivity contribution < 1.29 is 18.6 Å². The van der Waals surface area contributed by atoms with E-state index in [2.05, 4.69) is 6.08 Å². The standard InChI is InChI=1S/C21H17ClF2O2S/c22-11-5-4-10-6-14-13-8-15(19(14)12(10)7-11)20-16(26-21(23)24)2-1-3-17(20)27-18(13)9-25/h1-7,13,15,18-19,21,25H,8-9H2/t13-,15+,18+,19?/m0/s1. The van der Waals surface area contributed by atoms with Gasteiger partial charge in [0, 0.05) is 26.6 Å². The number of aliphatic hydroxyl groups excluding tert-OH is 1. The van der Waals surface area contributed by atoms with Crippen molar-refractivity contribution >= 4 is 29.4 Å². The predicted octanol–water partition coefficient (Wildman–Crippen LogP) is 5.69. The quantitative estimate of drug-likeness (QED) is 0.709. The van der Waals surface area contributed by atoms with Gasteiger partial charge in [-0.15, -0.1) is 11.8 Å². The maximum absolute atomic E-state index is 13.0. The van der Waals surface area contributed by atoms with Gasteiger partial charge >= 0.3 is 6.61 Å². The van der Waals surface area contributed by atoms with Crippen LogP contribution in [0.1, 0.15) is 34.9 Å². The van der Waals surface area contributed by atoms with Gasteiger partial charge in [-0.3, -0.25) is 0 Å². The number of benzene rings is 2. The van der Waals surface area contributed by atoms with Crippen LogP contribution in [0.3, 0.4) is 0 Å². The summed E-state index contributed by atoms with van der Waals surface area (Å²) in [7, 11) is 0. The first kappa shape index (κ1) is 17.5. The fourth-order valence-corrected chi connectivity index (χ4v) is 6.53. The van der Waals surface area contributed by atoms with Crippen LogP contribution in [-0.4, -0.2) is 23.6 Å². The van der Waals surface area contributed by atoms with Crippen LogP contribution < -0.4 is 4.74 Å². The molecule has 0 amide bonds. The minimum Gasteiger partial charge on any atom is -0.434 e. The normalized spacial score (nSPS) is 27.7. The van der Waals surface area contributed by atoms with E-state index < -0.39 is 6.61 Å². The SMILES string of the molecule is OC[C@H]1Sc2cccc(OC(F)F)c2[C@@H]2C[C@H]1C1=Cc3ccc(Cl)cc3C12. The minimum absolute atomic E-state index is 0.00316. The number of fused-ring (bicyclic) bond motifs is 9. The molecule has 1 fully saturated rings. The molecule has 2 bridgehead atoms. The Balaban J connectivity index is 1.70. The van der Waals surface area contributed by atoms with Gasteiger partial charge in [0.2, 0.25) is 0 Å². The zero-order chi connectivity index (χ0) is 18.7. The summed E-state index contributed by atoms with van der Waals surface area (Å²) in [6.07, 6.45) is 3.02. The van der Waals surface area contributed by atoms with Crippen molar-refractivity contribution in [1.82, 2.24) is 0 Å². The third kappa shape index (κ3) is 2.71. The molecule has 3 aliphatic rings. The number of hydrogen-bond acceptors (Lipinski definition) is 3. The molecule has 140 valence electrons.